The lowest BCUT2D eigenvalue weighted by Crippen LogP contribution is -2.08. The van der Waals surface area contributed by atoms with Crippen LogP contribution >= 0.6 is 15.9 Å². The van der Waals surface area contributed by atoms with Gasteiger partial charge in [-0.3, -0.25) is 4.79 Å². The molecule has 2 aromatic carbocycles. The maximum absolute atomic E-state index is 12.3. The first-order valence-corrected chi connectivity index (χ1v) is 7.39. The SMILES string of the molecule is Nc1ccc(-c2nc3c(oc4ccc(Br)cc43)c(=O)[nH]2)cc1. The lowest BCUT2D eigenvalue weighted by Gasteiger charge is -2.01. The molecule has 0 radical (unpaired) electrons. The predicted octanol–water partition coefficient (Wildman–Crippen LogP) is 3.68. The maximum Gasteiger partial charge on any atom is 0.294 e. The highest BCUT2D eigenvalue weighted by atomic mass is 79.9. The summed E-state index contributed by atoms with van der Waals surface area (Å²) in [6.07, 6.45) is 0. The van der Waals surface area contributed by atoms with Crippen molar-refractivity contribution in [3.8, 4) is 11.4 Å². The van der Waals surface area contributed by atoms with Gasteiger partial charge in [0.2, 0.25) is 5.58 Å². The van der Waals surface area contributed by atoms with Crippen molar-refractivity contribution >= 4 is 43.7 Å². The average molecular weight is 356 g/mol. The van der Waals surface area contributed by atoms with Crippen LogP contribution < -0.4 is 11.3 Å². The Labute approximate surface area is 132 Å². The quantitative estimate of drug-likeness (QED) is 0.510. The number of nitrogens with zero attached hydrogens (tertiary/aromatic N) is 1. The van der Waals surface area contributed by atoms with Crippen molar-refractivity contribution in [2.24, 2.45) is 0 Å². The Morgan fingerprint density at radius 2 is 1.91 bits per heavy atom. The Morgan fingerprint density at radius 3 is 2.68 bits per heavy atom. The van der Waals surface area contributed by atoms with Crippen molar-refractivity contribution in [1.82, 2.24) is 9.97 Å². The summed E-state index contributed by atoms with van der Waals surface area (Å²) in [5.74, 6) is 0.486. The van der Waals surface area contributed by atoms with E-state index in [-0.39, 0.29) is 11.1 Å². The smallest absolute Gasteiger partial charge is 0.294 e. The van der Waals surface area contributed by atoms with Crippen molar-refractivity contribution in [3.63, 3.8) is 0 Å². The predicted molar refractivity (Wildman–Crippen MR) is 89.7 cm³/mol. The first-order chi connectivity index (χ1) is 10.6. The van der Waals surface area contributed by atoms with Gasteiger partial charge in [0.05, 0.1) is 0 Å². The number of nitrogens with two attached hydrogens (primary N) is 1. The second-order valence-corrected chi connectivity index (χ2v) is 5.87. The summed E-state index contributed by atoms with van der Waals surface area (Å²) in [6, 6.07) is 12.7. The Kier molecular flexibility index (Phi) is 2.80. The zero-order chi connectivity index (χ0) is 15.3. The molecular weight excluding hydrogens is 346 g/mol. The zero-order valence-corrected chi connectivity index (χ0v) is 12.8. The van der Waals surface area contributed by atoms with Crippen LogP contribution in [0.3, 0.4) is 0 Å². The van der Waals surface area contributed by atoms with Gasteiger partial charge in [-0.1, -0.05) is 15.9 Å². The van der Waals surface area contributed by atoms with E-state index in [1.54, 1.807) is 12.1 Å². The lowest BCUT2D eigenvalue weighted by molar-refractivity contribution is 0.661. The molecule has 0 aliphatic heterocycles. The maximum atomic E-state index is 12.3. The molecule has 0 atom stereocenters. The van der Waals surface area contributed by atoms with Crippen molar-refractivity contribution in [1.29, 1.82) is 0 Å². The first kappa shape index (κ1) is 13.1. The number of aromatic nitrogens is 2. The van der Waals surface area contributed by atoms with E-state index in [9.17, 15) is 4.79 Å². The number of halogens is 1. The normalized spacial score (nSPS) is 11.3. The number of hydrogen-bond donors (Lipinski definition) is 2. The number of rotatable bonds is 1. The third-order valence-electron chi connectivity index (χ3n) is 3.47. The zero-order valence-electron chi connectivity index (χ0n) is 11.3. The molecule has 5 nitrogen and oxygen atoms in total. The molecule has 0 bridgehead atoms. The van der Waals surface area contributed by atoms with E-state index in [1.165, 1.54) is 0 Å². The van der Waals surface area contributed by atoms with E-state index in [4.69, 9.17) is 10.2 Å². The lowest BCUT2D eigenvalue weighted by atomic mass is 10.2. The fourth-order valence-corrected chi connectivity index (χ4v) is 2.76. The van der Waals surface area contributed by atoms with E-state index >= 15 is 0 Å². The van der Waals surface area contributed by atoms with Crippen LogP contribution in [0.4, 0.5) is 5.69 Å². The summed E-state index contributed by atoms with van der Waals surface area (Å²) in [6.45, 7) is 0. The molecule has 0 saturated heterocycles. The molecule has 3 N–H and O–H groups in total. The molecular formula is C16H10BrN3O2. The number of H-pyrrole nitrogens is 1. The highest BCUT2D eigenvalue weighted by Crippen LogP contribution is 2.29. The Hall–Kier alpha value is -2.60. The minimum atomic E-state index is -0.302. The van der Waals surface area contributed by atoms with E-state index in [0.717, 1.165) is 15.4 Å². The topological polar surface area (TPSA) is 84.9 Å². The van der Waals surface area contributed by atoms with Crippen LogP contribution in [0.25, 0.3) is 33.5 Å². The van der Waals surface area contributed by atoms with Gasteiger partial charge in [-0.2, -0.15) is 0 Å². The highest BCUT2D eigenvalue weighted by Gasteiger charge is 2.14. The molecule has 22 heavy (non-hydrogen) atoms. The molecule has 6 heteroatoms. The summed E-state index contributed by atoms with van der Waals surface area (Å²) < 4.78 is 6.50. The standard InChI is InChI=1S/C16H10BrN3O2/c17-9-3-6-12-11(7-9)13-14(22-12)16(21)20-15(19-13)8-1-4-10(18)5-2-8/h1-7H,18H2,(H,19,20,21). The third kappa shape index (κ3) is 2.00. The number of anilines is 1. The summed E-state index contributed by atoms with van der Waals surface area (Å²) in [5.41, 5.74) is 8.24. The minimum Gasteiger partial charge on any atom is -0.449 e. The Balaban J connectivity index is 2.06. The number of nitrogens with one attached hydrogen (secondary N) is 1. The van der Waals surface area contributed by atoms with Gasteiger partial charge < -0.3 is 15.1 Å². The molecule has 4 rings (SSSR count). The van der Waals surface area contributed by atoms with E-state index in [0.29, 0.717) is 22.6 Å². The van der Waals surface area contributed by atoms with E-state index in [2.05, 4.69) is 25.9 Å². The monoisotopic (exact) mass is 355 g/mol. The fourth-order valence-electron chi connectivity index (χ4n) is 2.40. The van der Waals surface area contributed by atoms with Crippen LogP contribution in [0.1, 0.15) is 0 Å². The number of hydrogen-bond acceptors (Lipinski definition) is 4. The molecule has 0 saturated carbocycles. The van der Waals surface area contributed by atoms with Crippen molar-refractivity contribution in [3.05, 3.63) is 57.3 Å². The van der Waals surface area contributed by atoms with Gasteiger partial charge in [0.1, 0.15) is 16.9 Å². The Bertz CT molecular complexity index is 1060. The molecule has 0 unspecified atom stereocenters. The van der Waals surface area contributed by atoms with Gasteiger partial charge >= 0.3 is 0 Å². The van der Waals surface area contributed by atoms with E-state index < -0.39 is 0 Å². The second-order valence-electron chi connectivity index (χ2n) is 4.96. The van der Waals surface area contributed by atoms with Crippen molar-refractivity contribution in [2.45, 2.75) is 0 Å². The molecule has 108 valence electrons. The summed E-state index contributed by atoms with van der Waals surface area (Å²) in [4.78, 5) is 19.6. The van der Waals surface area contributed by atoms with Crippen molar-refractivity contribution < 1.29 is 4.42 Å². The minimum absolute atomic E-state index is 0.229. The third-order valence-corrected chi connectivity index (χ3v) is 3.96. The van der Waals surface area contributed by atoms with Gasteiger partial charge in [0, 0.05) is 21.1 Å². The number of fused-ring (bicyclic) bond motifs is 3. The molecule has 0 aliphatic carbocycles. The number of nitrogen functional groups attached to an aromatic ring is 1. The van der Waals surface area contributed by atoms with Gasteiger partial charge in [-0.15, -0.1) is 0 Å². The van der Waals surface area contributed by atoms with Crippen LogP contribution in [-0.4, -0.2) is 9.97 Å². The number of aromatic amines is 1. The van der Waals surface area contributed by atoms with Crippen LogP contribution in [0.15, 0.2) is 56.1 Å². The van der Waals surface area contributed by atoms with Crippen LogP contribution in [0.2, 0.25) is 0 Å². The average Bonchev–Trinajstić information content (AvgIpc) is 2.87. The second kappa shape index (κ2) is 4.71. The number of furan rings is 1. The van der Waals surface area contributed by atoms with Gasteiger partial charge in [0.15, 0.2) is 0 Å². The first-order valence-electron chi connectivity index (χ1n) is 6.60. The van der Waals surface area contributed by atoms with Gasteiger partial charge in [-0.25, -0.2) is 4.98 Å². The van der Waals surface area contributed by atoms with Gasteiger partial charge in [0.25, 0.3) is 5.56 Å². The largest absolute Gasteiger partial charge is 0.449 e. The van der Waals surface area contributed by atoms with Crippen LogP contribution in [-0.2, 0) is 0 Å². The summed E-state index contributed by atoms with van der Waals surface area (Å²) >= 11 is 3.42. The van der Waals surface area contributed by atoms with Crippen molar-refractivity contribution in [2.75, 3.05) is 5.73 Å². The van der Waals surface area contributed by atoms with Gasteiger partial charge in [-0.05, 0) is 42.5 Å². The fraction of sp³-hybridized carbons (Fsp3) is 0. The molecule has 2 aromatic heterocycles. The summed E-state index contributed by atoms with van der Waals surface area (Å²) in [5, 5.41) is 0.798. The molecule has 0 spiro atoms. The van der Waals surface area contributed by atoms with Crippen LogP contribution in [0, 0.1) is 0 Å². The molecule has 0 aliphatic rings. The van der Waals surface area contributed by atoms with Crippen LogP contribution in [0.5, 0.6) is 0 Å². The molecule has 0 fully saturated rings. The Morgan fingerprint density at radius 1 is 1.14 bits per heavy atom. The van der Waals surface area contributed by atoms with E-state index in [1.807, 2.05) is 30.3 Å². The molecule has 0 amide bonds. The highest BCUT2D eigenvalue weighted by molar-refractivity contribution is 9.10. The summed E-state index contributed by atoms with van der Waals surface area (Å²) in [7, 11) is 0. The number of benzene rings is 2. The molecule has 4 aromatic rings. The molecule has 2 heterocycles.